The third-order valence-electron chi connectivity index (χ3n) is 4.42. The number of carbonyl (C=O) groups is 1. The first-order valence-electron chi connectivity index (χ1n) is 9.72. The number of benzene rings is 2. The van der Waals surface area contributed by atoms with Crippen molar-refractivity contribution in [2.75, 3.05) is 6.54 Å². The summed E-state index contributed by atoms with van der Waals surface area (Å²) in [6, 6.07) is 12.0. The standard InChI is InChI=1S/C22H27F3N2O2/c1-3-5-20(26-4-2)21(28)27-14-16-8-12-19(13-9-16)29-15-17-6-10-18(11-7-17)22(23,24)25/h6-13,20,26H,3-5,14-15H2,1-2H3,(H,27,28)/t20-/m0/s1. The zero-order valence-corrected chi connectivity index (χ0v) is 16.7. The van der Waals surface area contributed by atoms with Crippen LogP contribution in [0.1, 0.15) is 43.4 Å². The SMILES string of the molecule is CCC[C@H](NCC)C(=O)NCc1ccc(OCc2ccc(C(F)(F)F)cc2)cc1. The number of alkyl halides is 3. The highest BCUT2D eigenvalue weighted by molar-refractivity contribution is 5.81. The van der Waals surface area contributed by atoms with Crippen molar-refractivity contribution in [3.8, 4) is 5.75 Å². The first-order valence-corrected chi connectivity index (χ1v) is 9.72. The lowest BCUT2D eigenvalue weighted by Gasteiger charge is -2.17. The Hall–Kier alpha value is -2.54. The molecule has 29 heavy (non-hydrogen) atoms. The van der Waals surface area contributed by atoms with Gasteiger partial charge in [0.05, 0.1) is 11.6 Å². The Bertz CT molecular complexity index is 753. The fraction of sp³-hybridized carbons (Fsp3) is 0.409. The largest absolute Gasteiger partial charge is 0.489 e. The van der Waals surface area contributed by atoms with E-state index in [1.54, 1.807) is 12.1 Å². The highest BCUT2D eigenvalue weighted by Gasteiger charge is 2.29. The number of amides is 1. The van der Waals surface area contributed by atoms with E-state index >= 15 is 0 Å². The Morgan fingerprint density at radius 2 is 1.62 bits per heavy atom. The highest BCUT2D eigenvalue weighted by atomic mass is 19.4. The quantitative estimate of drug-likeness (QED) is 0.600. The molecule has 4 nitrogen and oxygen atoms in total. The van der Waals surface area contributed by atoms with Crippen molar-refractivity contribution in [2.24, 2.45) is 0 Å². The van der Waals surface area contributed by atoms with E-state index in [-0.39, 0.29) is 18.6 Å². The van der Waals surface area contributed by atoms with Crippen LogP contribution in [0.4, 0.5) is 13.2 Å². The maximum absolute atomic E-state index is 12.6. The molecular weight excluding hydrogens is 381 g/mol. The Kier molecular flexibility index (Phi) is 8.51. The molecular formula is C22H27F3N2O2. The van der Waals surface area contributed by atoms with Crippen LogP contribution in [0.25, 0.3) is 0 Å². The van der Waals surface area contributed by atoms with Crippen molar-refractivity contribution in [3.05, 3.63) is 65.2 Å². The molecule has 0 heterocycles. The molecule has 2 aromatic rings. The maximum Gasteiger partial charge on any atom is 0.416 e. The molecule has 0 unspecified atom stereocenters. The summed E-state index contributed by atoms with van der Waals surface area (Å²) in [6.07, 6.45) is -2.62. The van der Waals surface area contributed by atoms with Crippen LogP contribution in [0.3, 0.4) is 0 Å². The Labute approximate surface area is 169 Å². The van der Waals surface area contributed by atoms with E-state index in [1.165, 1.54) is 12.1 Å². The Morgan fingerprint density at radius 1 is 1.00 bits per heavy atom. The van der Waals surface area contributed by atoms with Gasteiger partial charge in [0.25, 0.3) is 0 Å². The second-order valence-electron chi connectivity index (χ2n) is 6.74. The minimum Gasteiger partial charge on any atom is -0.489 e. The van der Waals surface area contributed by atoms with Crippen molar-refractivity contribution < 1.29 is 22.7 Å². The smallest absolute Gasteiger partial charge is 0.416 e. The van der Waals surface area contributed by atoms with Crippen LogP contribution < -0.4 is 15.4 Å². The zero-order chi connectivity index (χ0) is 21.3. The molecule has 0 aliphatic carbocycles. The van der Waals surface area contributed by atoms with Crippen LogP contribution in [-0.4, -0.2) is 18.5 Å². The first kappa shape index (κ1) is 22.7. The van der Waals surface area contributed by atoms with Crippen LogP contribution in [-0.2, 0) is 24.1 Å². The molecule has 0 spiro atoms. The molecule has 0 saturated carbocycles. The first-order chi connectivity index (χ1) is 13.8. The average Bonchev–Trinajstić information content (AvgIpc) is 2.70. The Morgan fingerprint density at radius 3 is 2.17 bits per heavy atom. The monoisotopic (exact) mass is 408 g/mol. The minimum atomic E-state index is -4.34. The van der Waals surface area contributed by atoms with E-state index in [2.05, 4.69) is 10.6 Å². The summed E-state index contributed by atoms with van der Waals surface area (Å²) in [5.74, 6) is 0.591. The molecule has 2 aromatic carbocycles. The van der Waals surface area contributed by atoms with Gasteiger partial charge in [-0.05, 0) is 48.4 Å². The zero-order valence-electron chi connectivity index (χ0n) is 16.7. The third-order valence-corrected chi connectivity index (χ3v) is 4.42. The predicted octanol–water partition coefficient (Wildman–Crippen LogP) is 4.68. The van der Waals surface area contributed by atoms with E-state index in [9.17, 15) is 18.0 Å². The summed E-state index contributed by atoms with van der Waals surface area (Å²) in [4.78, 5) is 12.2. The normalized spacial score (nSPS) is 12.4. The number of nitrogens with one attached hydrogen (secondary N) is 2. The highest BCUT2D eigenvalue weighted by Crippen LogP contribution is 2.29. The molecule has 0 aliphatic rings. The van der Waals surface area contributed by atoms with Gasteiger partial charge in [0.15, 0.2) is 0 Å². The van der Waals surface area contributed by atoms with E-state index in [0.29, 0.717) is 17.9 Å². The molecule has 0 radical (unpaired) electrons. The molecule has 158 valence electrons. The second-order valence-corrected chi connectivity index (χ2v) is 6.74. The lowest BCUT2D eigenvalue weighted by Crippen LogP contribution is -2.43. The number of carbonyl (C=O) groups excluding carboxylic acids is 1. The summed E-state index contributed by atoms with van der Waals surface area (Å²) in [6.45, 7) is 5.35. The number of rotatable bonds is 10. The molecule has 0 aliphatic heterocycles. The summed E-state index contributed by atoms with van der Waals surface area (Å²) >= 11 is 0. The van der Waals surface area contributed by atoms with E-state index in [1.807, 2.05) is 26.0 Å². The molecule has 1 amide bonds. The van der Waals surface area contributed by atoms with Gasteiger partial charge in [0.1, 0.15) is 12.4 Å². The van der Waals surface area contributed by atoms with Gasteiger partial charge < -0.3 is 15.4 Å². The van der Waals surface area contributed by atoms with Crippen molar-refractivity contribution in [1.29, 1.82) is 0 Å². The maximum atomic E-state index is 12.6. The van der Waals surface area contributed by atoms with Gasteiger partial charge in [0, 0.05) is 6.54 Å². The van der Waals surface area contributed by atoms with Crippen molar-refractivity contribution in [3.63, 3.8) is 0 Å². The lowest BCUT2D eigenvalue weighted by atomic mass is 10.1. The topological polar surface area (TPSA) is 50.4 Å². The molecule has 0 fully saturated rings. The van der Waals surface area contributed by atoms with Gasteiger partial charge in [-0.15, -0.1) is 0 Å². The van der Waals surface area contributed by atoms with Crippen LogP contribution >= 0.6 is 0 Å². The van der Waals surface area contributed by atoms with Gasteiger partial charge in [-0.1, -0.05) is 44.5 Å². The number of hydrogen-bond donors (Lipinski definition) is 2. The third kappa shape index (κ3) is 7.42. The number of ether oxygens (including phenoxy) is 1. The van der Waals surface area contributed by atoms with E-state index < -0.39 is 11.7 Å². The average molecular weight is 408 g/mol. The van der Waals surface area contributed by atoms with Gasteiger partial charge in [-0.2, -0.15) is 13.2 Å². The summed E-state index contributed by atoms with van der Waals surface area (Å²) in [7, 11) is 0. The van der Waals surface area contributed by atoms with Gasteiger partial charge >= 0.3 is 6.18 Å². The fourth-order valence-electron chi connectivity index (χ4n) is 2.83. The van der Waals surface area contributed by atoms with Crippen LogP contribution in [0.5, 0.6) is 5.75 Å². The van der Waals surface area contributed by atoms with Crippen molar-refractivity contribution in [2.45, 2.75) is 52.1 Å². The van der Waals surface area contributed by atoms with E-state index in [0.717, 1.165) is 37.1 Å². The van der Waals surface area contributed by atoms with Crippen LogP contribution in [0.2, 0.25) is 0 Å². The number of halogens is 3. The van der Waals surface area contributed by atoms with Crippen LogP contribution in [0.15, 0.2) is 48.5 Å². The van der Waals surface area contributed by atoms with Gasteiger partial charge in [-0.25, -0.2) is 0 Å². The number of likely N-dealkylation sites (N-methyl/N-ethyl adjacent to an activating group) is 1. The molecule has 7 heteroatoms. The summed E-state index contributed by atoms with van der Waals surface area (Å²) < 4.78 is 43.4. The van der Waals surface area contributed by atoms with Gasteiger partial charge in [-0.3, -0.25) is 4.79 Å². The van der Waals surface area contributed by atoms with E-state index in [4.69, 9.17) is 4.74 Å². The molecule has 2 rings (SSSR count). The fourth-order valence-corrected chi connectivity index (χ4v) is 2.83. The molecule has 0 aromatic heterocycles. The predicted molar refractivity (Wildman–Crippen MR) is 106 cm³/mol. The summed E-state index contributed by atoms with van der Waals surface area (Å²) in [5, 5.41) is 6.11. The van der Waals surface area contributed by atoms with Crippen molar-refractivity contribution >= 4 is 5.91 Å². The molecule has 2 N–H and O–H groups in total. The summed E-state index contributed by atoms with van der Waals surface area (Å²) in [5.41, 5.74) is 0.912. The second kappa shape index (κ2) is 10.9. The lowest BCUT2D eigenvalue weighted by molar-refractivity contribution is -0.137. The minimum absolute atomic E-state index is 0.0173. The number of hydrogen-bond acceptors (Lipinski definition) is 3. The molecule has 1 atom stereocenters. The van der Waals surface area contributed by atoms with Crippen LogP contribution in [0, 0.1) is 0 Å². The van der Waals surface area contributed by atoms with Gasteiger partial charge in [0.2, 0.25) is 5.91 Å². The van der Waals surface area contributed by atoms with Crippen molar-refractivity contribution in [1.82, 2.24) is 10.6 Å². The molecule has 0 saturated heterocycles. The molecule has 0 bridgehead atoms. The Balaban J connectivity index is 1.83.